The van der Waals surface area contributed by atoms with Gasteiger partial charge in [-0.15, -0.1) is 11.3 Å². The Balaban J connectivity index is 1.48. The van der Waals surface area contributed by atoms with Gasteiger partial charge in [-0.25, -0.2) is 4.39 Å². The highest BCUT2D eigenvalue weighted by Gasteiger charge is 2.33. The fraction of sp³-hybridized carbons (Fsp3) is 0.478. The second-order valence-electron chi connectivity index (χ2n) is 8.18. The zero-order valence-electron chi connectivity index (χ0n) is 16.8. The molecule has 2 unspecified atom stereocenters. The van der Waals surface area contributed by atoms with Crippen LogP contribution in [0, 0.1) is 11.7 Å². The summed E-state index contributed by atoms with van der Waals surface area (Å²) < 4.78 is 13.9. The van der Waals surface area contributed by atoms with Gasteiger partial charge in [0.25, 0.3) is 0 Å². The van der Waals surface area contributed by atoms with Crippen LogP contribution < -0.4 is 0 Å². The maximum atomic E-state index is 13.9. The average molecular weight is 415 g/mol. The molecule has 2 atom stereocenters. The zero-order valence-corrected chi connectivity index (χ0v) is 17.6. The fourth-order valence-electron chi connectivity index (χ4n) is 4.55. The molecule has 0 saturated carbocycles. The molecule has 0 radical (unpaired) electrons. The van der Waals surface area contributed by atoms with Gasteiger partial charge in [0.2, 0.25) is 11.8 Å². The van der Waals surface area contributed by atoms with Crippen LogP contribution in [0.3, 0.4) is 0 Å². The third-order valence-corrected chi connectivity index (χ3v) is 7.01. The average Bonchev–Trinajstić information content (AvgIpc) is 3.19. The molecule has 154 valence electrons. The number of thiophene rings is 1. The van der Waals surface area contributed by atoms with Crippen molar-refractivity contribution in [1.82, 2.24) is 9.80 Å². The summed E-state index contributed by atoms with van der Waals surface area (Å²) in [6.07, 6.45) is 3.45. The third kappa shape index (κ3) is 4.37. The number of hydrogen-bond donors (Lipinski definition) is 0. The van der Waals surface area contributed by atoms with E-state index in [1.807, 2.05) is 27.3 Å². The minimum Gasteiger partial charge on any atom is -0.342 e. The van der Waals surface area contributed by atoms with E-state index in [9.17, 15) is 14.0 Å². The largest absolute Gasteiger partial charge is 0.342 e. The molecule has 1 fully saturated rings. The number of rotatable bonds is 4. The van der Waals surface area contributed by atoms with Gasteiger partial charge in [-0.05, 0) is 59.9 Å². The van der Waals surface area contributed by atoms with E-state index in [1.165, 1.54) is 17.0 Å². The van der Waals surface area contributed by atoms with E-state index in [2.05, 4.69) is 6.92 Å². The van der Waals surface area contributed by atoms with Gasteiger partial charge in [-0.2, -0.15) is 0 Å². The highest BCUT2D eigenvalue weighted by Crippen LogP contribution is 2.38. The first-order valence-electron chi connectivity index (χ1n) is 10.4. The number of fused-ring (bicyclic) bond motifs is 1. The molecule has 0 bridgehead atoms. The lowest BCUT2D eigenvalue weighted by molar-refractivity contribution is -0.139. The number of hydrogen-bond acceptors (Lipinski definition) is 3. The van der Waals surface area contributed by atoms with Crippen molar-refractivity contribution in [3.63, 3.8) is 0 Å². The minimum atomic E-state index is -0.299. The van der Waals surface area contributed by atoms with Gasteiger partial charge < -0.3 is 9.80 Å². The van der Waals surface area contributed by atoms with Gasteiger partial charge in [-0.3, -0.25) is 9.59 Å². The number of halogens is 1. The van der Waals surface area contributed by atoms with Crippen LogP contribution in [0.4, 0.5) is 4.39 Å². The van der Waals surface area contributed by atoms with Crippen molar-refractivity contribution in [2.24, 2.45) is 5.92 Å². The number of likely N-dealkylation sites (tertiary alicyclic amines) is 1. The Bertz CT molecular complexity index is 897. The van der Waals surface area contributed by atoms with E-state index >= 15 is 0 Å². The zero-order chi connectivity index (χ0) is 20.4. The van der Waals surface area contributed by atoms with Crippen LogP contribution in [-0.4, -0.2) is 41.2 Å². The molecule has 1 aromatic carbocycles. The summed E-state index contributed by atoms with van der Waals surface area (Å²) in [6, 6.07) is 8.26. The van der Waals surface area contributed by atoms with Crippen molar-refractivity contribution < 1.29 is 14.0 Å². The van der Waals surface area contributed by atoms with Crippen LogP contribution in [0.25, 0.3) is 0 Å². The summed E-state index contributed by atoms with van der Waals surface area (Å²) in [7, 11) is 0. The lowest BCUT2D eigenvalue weighted by Crippen LogP contribution is -2.42. The Hall–Kier alpha value is -2.21. The molecule has 4 nitrogen and oxygen atoms in total. The molecule has 2 amide bonds. The number of carbonyl (C=O) groups is 2. The van der Waals surface area contributed by atoms with Gasteiger partial charge in [0, 0.05) is 37.4 Å². The standard InChI is InChI=1S/C23H27FN2O2S/c1-16-4-3-11-25(15-16)21(27)7-8-22(28)26-12-9-20-19(10-13-29-20)23(26)17-5-2-6-18(24)14-17/h2,5-6,10,13-14,16,23H,3-4,7-9,11-12,15H2,1H3. The predicted molar refractivity (Wildman–Crippen MR) is 112 cm³/mol. The van der Waals surface area contributed by atoms with Crippen molar-refractivity contribution in [2.75, 3.05) is 19.6 Å². The van der Waals surface area contributed by atoms with Crippen molar-refractivity contribution in [3.05, 3.63) is 57.5 Å². The summed E-state index contributed by atoms with van der Waals surface area (Å²) in [5.41, 5.74) is 1.87. The Kier molecular flexibility index (Phi) is 5.99. The maximum Gasteiger partial charge on any atom is 0.223 e. The summed E-state index contributed by atoms with van der Waals surface area (Å²) in [5.74, 6) is 0.265. The van der Waals surface area contributed by atoms with Crippen molar-refractivity contribution in [1.29, 1.82) is 0 Å². The van der Waals surface area contributed by atoms with E-state index in [0.29, 0.717) is 12.5 Å². The third-order valence-electron chi connectivity index (χ3n) is 6.01. The molecule has 3 heterocycles. The van der Waals surface area contributed by atoms with Crippen LogP contribution >= 0.6 is 11.3 Å². The number of amides is 2. The number of piperidine rings is 1. The minimum absolute atomic E-state index is 0.0329. The molecule has 2 aromatic rings. The van der Waals surface area contributed by atoms with Gasteiger partial charge in [0.05, 0.1) is 6.04 Å². The summed E-state index contributed by atoms with van der Waals surface area (Å²) >= 11 is 1.69. The molecule has 1 saturated heterocycles. The first-order valence-corrected chi connectivity index (χ1v) is 11.3. The Morgan fingerprint density at radius 3 is 2.79 bits per heavy atom. The van der Waals surface area contributed by atoms with E-state index < -0.39 is 0 Å². The molecule has 0 aliphatic carbocycles. The highest BCUT2D eigenvalue weighted by molar-refractivity contribution is 7.10. The second kappa shape index (κ2) is 8.66. The lowest BCUT2D eigenvalue weighted by Gasteiger charge is -2.37. The van der Waals surface area contributed by atoms with Crippen LogP contribution in [0.1, 0.15) is 54.7 Å². The molecule has 29 heavy (non-hydrogen) atoms. The van der Waals surface area contributed by atoms with Crippen molar-refractivity contribution >= 4 is 23.2 Å². The maximum absolute atomic E-state index is 13.9. The molecular weight excluding hydrogens is 387 g/mol. The number of nitrogens with zero attached hydrogens (tertiary/aromatic N) is 2. The first-order chi connectivity index (χ1) is 14.0. The van der Waals surface area contributed by atoms with Gasteiger partial charge >= 0.3 is 0 Å². The summed E-state index contributed by atoms with van der Waals surface area (Å²) in [4.78, 5) is 30.7. The molecule has 2 aliphatic rings. The van der Waals surface area contributed by atoms with Crippen molar-refractivity contribution in [2.45, 2.75) is 45.1 Å². The molecule has 6 heteroatoms. The predicted octanol–water partition coefficient (Wildman–Crippen LogP) is 4.40. The highest BCUT2D eigenvalue weighted by atomic mass is 32.1. The molecule has 0 N–H and O–H groups in total. The normalized spacial score (nSPS) is 21.7. The van der Waals surface area contributed by atoms with Crippen LogP contribution in [-0.2, 0) is 16.0 Å². The van der Waals surface area contributed by atoms with Crippen molar-refractivity contribution in [3.8, 4) is 0 Å². The van der Waals surface area contributed by atoms with E-state index in [1.54, 1.807) is 17.4 Å². The van der Waals surface area contributed by atoms with Gasteiger partial charge in [-0.1, -0.05) is 19.1 Å². The van der Waals surface area contributed by atoms with Gasteiger partial charge in [0.15, 0.2) is 0 Å². The second-order valence-corrected chi connectivity index (χ2v) is 9.18. The molecule has 2 aliphatic heterocycles. The summed E-state index contributed by atoms with van der Waals surface area (Å²) in [5, 5.41) is 2.03. The fourth-order valence-corrected chi connectivity index (χ4v) is 5.46. The molecular formula is C23H27FN2O2S. The monoisotopic (exact) mass is 414 g/mol. The van der Waals surface area contributed by atoms with E-state index in [0.717, 1.165) is 43.5 Å². The van der Waals surface area contributed by atoms with Crippen LogP contribution in [0.15, 0.2) is 35.7 Å². The quantitative estimate of drug-likeness (QED) is 0.744. The van der Waals surface area contributed by atoms with Gasteiger partial charge in [0.1, 0.15) is 5.82 Å². The van der Waals surface area contributed by atoms with Crippen LogP contribution in [0.5, 0.6) is 0 Å². The van der Waals surface area contributed by atoms with E-state index in [4.69, 9.17) is 0 Å². The molecule has 4 rings (SSSR count). The smallest absolute Gasteiger partial charge is 0.223 e. The van der Waals surface area contributed by atoms with E-state index in [-0.39, 0.29) is 36.5 Å². The first kappa shape index (κ1) is 20.1. The molecule has 1 aromatic heterocycles. The molecule has 0 spiro atoms. The number of benzene rings is 1. The lowest BCUT2D eigenvalue weighted by atomic mass is 9.92. The summed E-state index contributed by atoms with van der Waals surface area (Å²) in [6.45, 7) is 4.36. The topological polar surface area (TPSA) is 40.6 Å². The SMILES string of the molecule is CC1CCCN(C(=O)CCC(=O)N2CCc3sccc3C2c2cccc(F)c2)C1. The Morgan fingerprint density at radius 2 is 2.00 bits per heavy atom. The van der Waals surface area contributed by atoms with Crippen LogP contribution in [0.2, 0.25) is 0 Å². The number of carbonyl (C=O) groups excluding carboxylic acids is 2. The Labute approximate surface area is 175 Å². The Morgan fingerprint density at radius 1 is 1.17 bits per heavy atom.